The summed E-state index contributed by atoms with van der Waals surface area (Å²) in [5, 5.41) is 11.3. The lowest BCUT2D eigenvalue weighted by molar-refractivity contribution is -0.385. The smallest absolute Gasteiger partial charge is 0.275 e. The van der Waals surface area contributed by atoms with Gasteiger partial charge in [0.15, 0.2) is 5.16 Å². The van der Waals surface area contributed by atoms with Crippen LogP contribution in [-0.4, -0.2) is 24.1 Å². The van der Waals surface area contributed by atoms with Gasteiger partial charge in [0.25, 0.3) is 5.69 Å². The highest BCUT2D eigenvalue weighted by molar-refractivity contribution is 7.84. The maximum atomic E-state index is 12.4. The number of fused-ring (bicyclic) bond motifs is 1. The summed E-state index contributed by atoms with van der Waals surface area (Å²) in [6, 6.07) is 8.72. The molecule has 3 aromatic rings. The summed E-state index contributed by atoms with van der Waals surface area (Å²) < 4.78 is 12.4. The zero-order valence-corrected chi connectivity index (χ0v) is 12.5. The largest absolute Gasteiger partial charge is 0.331 e. The quantitative estimate of drug-likeness (QED) is 0.588. The third-order valence-electron chi connectivity index (χ3n) is 3.33. The van der Waals surface area contributed by atoms with Crippen LogP contribution in [-0.2, 0) is 16.6 Å². The minimum absolute atomic E-state index is 0.0217. The van der Waals surface area contributed by atoms with E-state index in [9.17, 15) is 14.3 Å². The van der Waals surface area contributed by atoms with E-state index in [2.05, 4.69) is 15.0 Å². The second kappa shape index (κ2) is 5.64. The van der Waals surface area contributed by atoms with Gasteiger partial charge >= 0.3 is 0 Å². The maximum Gasteiger partial charge on any atom is 0.275 e. The van der Waals surface area contributed by atoms with Crippen LogP contribution in [0.5, 0.6) is 0 Å². The zero-order valence-electron chi connectivity index (χ0n) is 11.6. The molecule has 3 rings (SSSR count). The molecule has 0 fully saturated rings. The molecule has 0 bridgehead atoms. The molecule has 0 aliphatic carbocycles. The van der Waals surface area contributed by atoms with E-state index >= 15 is 0 Å². The van der Waals surface area contributed by atoms with Crippen molar-refractivity contribution in [2.45, 2.75) is 17.8 Å². The van der Waals surface area contributed by atoms with E-state index in [0.717, 1.165) is 11.0 Å². The van der Waals surface area contributed by atoms with Crippen molar-refractivity contribution in [1.82, 2.24) is 15.0 Å². The Morgan fingerprint density at radius 2 is 2.09 bits per heavy atom. The molecule has 0 unspecified atom stereocenters. The average molecular weight is 316 g/mol. The summed E-state index contributed by atoms with van der Waals surface area (Å²) in [6.45, 7) is 1.61. The van der Waals surface area contributed by atoms with Crippen LogP contribution in [0.25, 0.3) is 11.0 Å². The molecule has 1 atom stereocenters. The Hall–Kier alpha value is -2.61. The number of para-hydroxylation sites is 2. The van der Waals surface area contributed by atoms with Crippen LogP contribution in [0.3, 0.4) is 0 Å². The van der Waals surface area contributed by atoms with Gasteiger partial charge in [-0.1, -0.05) is 12.1 Å². The number of nitro groups is 1. The number of imidazole rings is 1. The highest BCUT2D eigenvalue weighted by atomic mass is 32.2. The molecular formula is C14H12N4O3S. The van der Waals surface area contributed by atoms with Crippen molar-refractivity contribution in [1.29, 1.82) is 0 Å². The fourth-order valence-electron chi connectivity index (χ4n) is 2.14. The second-order valence-corrected chi connectivity index (χ2v) is 6.07. The van der Waals surface area contributed by atoms with E-state index in [1.54, 1.807) is 6.92 Å². The van der Waals surface area contributed by atoms with Gasteiger partial charge in [-0.05, 0) is 19.1 Å². The van der Waals surface area contributed by atoms with Crippen molar-refractivity contribution in [3.63, 3.8) is 0 Å². The van der Waals surface area contributed by atoms with E-state index < -0.39 is 15.7 Å². The van der Waals surface area contributed by atoms with E-state index in [1.807, 2.05) is 24.3 Å². The fourth-order valence-corrected chi connectivity index (χ4v) is 3.24. The molecule has 22 heavy (non-hydrogen) atoms. The Bertz CT molecular complexity index is 858. The minimum Gasteiger partial charge on any atom is -0.331 e. The van der Waals surface area contributed by atoms with Crippen LogP contribution in [0.1, 0.15) is 11.3 Å². The first-order chi connectivity index (χ1) is 10.6. The molecular weight excluding hydrogens is 304 g/mol. The predicted octanol–water partition coefficient (Wildman–Crippen LogP) is 2.48. The van der Waals surface area contributed by atoms with Gasteiger partial charge in [-0.15, -0.1) is 0 Å². The van der Waals surface area contributed by atoms with E-state index in [1.165, 1.54) is 12.3 Å². The van der Waals surface area contributed by atoms with Crippen LogP contribution in [0.4, 0.5) is 5.69 Å². The number of aromatic nitrogens is 3. The number of H-pyrrole nitrogens is 1. The molecule has 0 saturated carbocycles. The first kappa shape index (κ1) is 14.3. The second-order valence-electron chi connectivity index (χ2n) is 4.71. The van der Waals surface area contributed by atoms with Gasteiger partial charge in [0.1, 0.15) is 0 Å². The van der Waals surface area contributed by atoms with Crippen molar-refractivity contribution in [3.05, 3.63) is 57.9 Å². The van der Waals surface area contributed by atoms with Crippen LogP contribution < -0.4 is 0 Å². The van der Waals surface area contributed by atoms with Crippen molar-refractivity contribution in [3.8, 4) is 0 Å². The number of nitrogens with zero attached hydrogens (tertiary/aromatic N) is 3. The molecule has 0 amide bonds. The Labute approximate surface area is 128 Å². The number of nitrogens with one attached hydrogen (secondary N) is 1. The Balaban J connectivity index is 1.91. The molecule has 0 radical (unpaired) electrons. The molecule has 7 nitrogen and oxygen atoms in total. The summed E-state index contributed by atoms with van der Waals surface area (Å²) in [5.74, 6) is 0.0767. The number of hydrogen-bond acceptors (Lipinski definition) is 5. The van der Waals surface area contributed by atoms with Crippen molar-refractivity contribution < 1.29 is 9.13 Å². The van der Waals surface area contributed by atoms with Gasteiger partial charge in [0.2, 0.25) is 0 Å². The summed E-state index contributed by atoms with van der Waals surface area (Å²) in [4.78, 5) is 21.8. The van der Waals surface area contributed by atoms with Crippen molar-refractivity contribution in [2.24, 2.45) is 0 Å². The third kappa shape index (κ3) is 2.60. The minimum atomic E-state index is -1.45. The molecule has 112 valence electrons. The lowest BCUT2D eigenvalue weighted by Crippen LogP contribution is -2.04. The topological polar surface area (TPSA) is 102 Å². The van der Waals surface area contributed by atoms with E-state index in [-0.39, 0.29) is 11.4 Å². The SMILES string of the molecule is Cc1c([N+](=O)[O-])ccnc1C[S@](=O)c1nc2ccccc2[nH]1. The average Bonchev–Trinajstić information content (AvgIpc) is 2.93. The van der Waals surface area contributed by atoms with Gasteiger partial charge in [0, 0.05) is 17.8 Å². The Kier molecular flexibility index (Phi) is 3.68. The van der Waals surface area contributed by atoms with E-state index in [4.69, 9.17) is 0 Å². The summed E-state index contributed by atoms with van der Waals surface area (Å²) >= 11 is 0. The van der Waals surface area contributed by atoms with Crippen molar-refractivity contribution in [2.75, 3.05) is 0 Å². The molecule has 0 spiro atoms. The first-order valence-electron chi connectivity index (χ1n) is 6.48. The molecule has 1 aromatic carbocycles. The van der Waals surface area contributed by atoms with Gasteiger partial charge in [-0.3, -0.25) is 19.3 Å². The lowest BCUT2D eigenvalue weighted by atomic mass is 10.2. The molecule has 1 N–H and O–H groups in total. The van der Waals surface area contributed by atoms with Crippen molar-refractivity contribution >= 4 is 27.5 Å². The van der Waals surface area contributed by atoms with Gasteiger partial charge in [0.05, 0.1) is 38.2 Å². The number of benzene rings is 1. The highest BCUT2D eigenvalue weighted by Crippen LogP contribution is 2.21. The van der Waals surface area contributed by atoms with E-state index in [0.29, 0.717) is 16.4 Å². The third-order valence-corrected chi connectivity index (χ3v) is 4.49. The molecule has 0 saturated heterocycles. The lowest BCUT2D eigenvalue weighted by Gasteiger charge is -2.03. The molecule has 0 aliphatic heterocycles. The van der Waals surface area contributed by atoms with Crippen LogP contribution in [0, 0.1) is 17.0 Å². The predicted molar refractivity (Wildman–Crippen MR) is 81.8 cm³/mol. The summed E-state index contributed by atoms with van der Waals surface area (Å²) in [5.41, 5.74) is 2.38. The molecule has 0 aliphatic rings. The van der Waals surface area contributed by atoms with Gasteiger partial charge < -0.3 is 4.98 Å². The summed E-state index contributed by atoms with van der Waals surface area (Å²) in [6.07, 6.45) is 1.36. The number of pyridine rings is 1. The fraction of sp³-hybridized carbons (Fsp3) is 0.143. The Morgan fingerprint density at radius 1 is 1.32 bits per heavy atom. The molecule has 2 aromatic heterocycles. The van der Waals surface area contributed by atoms with Gasteiger partial charge in [-0.25, -0.2) is 4.98 Å². The number of rotatable bonds is 4. The normalized spacial score (nSPS) is 12.4. The zero-order chi connectivity index (χ0) is 15.7. The van der Waals surface area contributed by atoms with Crippen LogP contribution in [0.15, 0.2) is 41.7 Å². The van der Waals surface area contributed by atoms with Gasteiger partial charge in [-0.2, -0.15) is 0 Å². The number of hydrogen-bond donors (Lipinski definition) is 1. The molecule has 8 heteroatoms. The van der Waals surface area contributed by atoms with Crippen LogP contribution >= 0.6 is 0 Å². The van der Waals surface area contributed by atoms with Crippen LogP contribution in [0.2, 0.25) is 0 Å². The standard InChI is InChI=1S/C14H12N4O3S/c1-9-12(15-7-6-13(9)18(19)20)8-22(21)14-16-10-4-2-3-5-11(10)17-14/h2-7H,8H2,1H3,(H,16,17)/t22-/m0/s1. The highest BCUT2D eigenvalue weighted by Gasteiger charge is 2.18. The molecule has 2 heterocycles. The number of aromatic amines is 1. The summed E-state index contributed by atoms with van der Waals surface area (Å²) in [7, 11) is -1.45. The monoisotopic (exact) mass is 316 g/mol. The Morgan fingerprint density at radius 3 is 2.82 bits per heavy atom. The first-order valence-corrected chi connectivity index (χ1v) is 7.80. The maximum absolute atomic E-state index is 12.4.